The standard InChI is InChI=1S/C9H13N3O4/c1-9(2,13)6-10-8-5-7(12(15)16)3-4-11(8)14/h3-5,13-14H,6H2,1-2H3. The third kappa shape index (κ3) is 3.35. The van der Waals surface area contributed by atoms with E-state index in [1.54, 1.807) is 13.8 Å². The maximum absolute atomic E-state index is 10.5. The summed E-state index contributed by atoms with van der Waals surface area (Å²) in [5.74, 6) is 0. The lowest BCUT2D eigenvalue weighted by Crippen LogP contribution is -2.27. The molecular weight excluding hydrogens is 214 g/mol. The van der Waals surface area contributed by atoms with Crippen LogP contribution in [-0.4, -0.2) is 32.1 Å². The lowest BCUT2D eigenvalue weighted by atomic mass is 10.1. The van der Waals surface area contributed by atoms with Crippen molar-refractivity contribution in [3.63, 3.8) is 0 Å². The van der Waals surface area contributed by atoms with Crippen LogP contribution in [0.15, 0.2) is 23.3 Å². The molecule has 0 aromatic carbocycles. The average molecular weight is 227 g/mol. The first-order chi connectivity index (χ1) is 7.29. The smallest absolute Gasteiger partial charge is 0.274 e. The Balaban J connectivity index is 3.12. The fourth-order valence-corrected chi connectivity index (χ4v) is 0.976. The van der Waals surface area contributed by atoms with E-state index in [9.17, 15) is 20.4 Å². The highest BCUT2D eigenvalue weighted by molar-refractivity contribution is 5.25. The Labute approximate surface area is 91.4 Å². The molecule has 0 spiro atoms. The number of hydrogen-bond donors (Lipinski definition) is 2. The lowest BCUT2D eigenvalue weighted by molar-refractivity contribution is -0.385. The second-order valence-electron chi connectivity index (χ2n) is 3.97. The van der Waals surface area contributed by atoms with Crippen molar-refractivity contribution in [2.24, 2.45) is 4.99 Å². The Hall–Kier alpha value is -1.89. The summed E-state index contributed by atoms with van der Waals surface area (Å²) in [7, 11) is 0. The first-order valence-electron chi connectivity index (χ1n) is 4.59. The summed E-state index contributed by atoms with van der Waals surface area (Å²) < 4.78 is 0.665. The summed E-state index contributed by atoms with van der Waals surface area (Å²) in [5, 5.41) is 29.3. The molecule has 2 N–H and O–H groups in total. The molecule has 7 nitrogen and oxygen atoms in total. The molecule has 0 saturated carbocycles. The summed E-state index contributed by atoms with van der Waals surface area (Å²) in [6.07, 6.45) is 1.13. The average Bonchev–Trinajstić information content (AvgIpc) is 2.14. The minimum absolute atomic E-state index is 0.0244. The van der Waals surface area contributed by atoms with Gasteiger partial charge in [0.15, 0.2) is 5.49 Å². The number of aliphatic hydroxyl groups is 1. The topological polar surface area (TPSA) is 101 Å². The molecule has 1 rings (SSSR count). The maximum atomic E-state index is 10.5. The highest BCUT2D eigenvalue weighted by Crippen LogP contribution is 2.05. The van der Waals surface area contributed by atoms with Crippen LogP contribution in [0.5, 0.6) is 0 Å². The van der Waals surface area contributed by atoms with Gasteiger partial charge in [0, 0.05) is 6.07 Å². The van der Waals surface area contributed by atoms with E-state index in [4.69, 9.17) is 0 Å². The maximum Gasteiger partial charge on any atom is 0.274 e. The monoisotopic (exact) mass is 227 g/mol. The Morgan fingerprint density at radius 3 is 2.75 bits per heavy atom. The number of hydrogen-bond acceptors (Lipinski definition) is 5. The van der Waals surface area contributed by atoms with Crippen LogP contribution in [0.1, 0.15) is 13.8 Å². The van der Waals surface area contributed by atoms with Crippen molar-refractivity contribution in [3.8, 4) is 0 Å². The molecule has 7 heteroatoms. The second-order valence-corrected chi connectivity index (χ2v) is 3.97. The molecular formula is C9H13N3O4. The fraction of sp³-hybridized carbons (Fsp3) is 0.444. The van der Waals surface area contributed by atoms with Crippen LogP contribution in [0.4, 0.5) is 5.69 Å². The third-order valence-electron chi connectivity index (χ3n) is 1.74. The van der Waals surface area contributed by atoms with Gasteiger partial charge in [-0.3, -0.25) is 15.1 Å². The summed E-state index contributed by atoms with van der Waals surface area (Å²) in [6, 6.07) is 2.29. The molecule has 0 fully saturated rings. The van der Waals surface area contributed by atoms with E-state index in [1.807, 2.05) is 0 Å². The predicted molar refractivity (Wildman–Crippen MR) is 55.0 cm³/mol. The van der Waals surface area contributed by atoms with Crippen molar-refractivity contribution in [1.29, 1.82) is 0 Å². The van der Waals surface area contributed by atoms with Crippen molar-refractivity contribution >= 4 is 5.69 Å². The normalized spacial score (nSPS) is 12.8. The zero-order valence-corrected chi connectivity index (χ0v) is 8.99. The Morgan fingerprint density at radius 2 is 2.25 bits per heavy atom. The number of rotatable bonds is 3. The van der Waals surface area contributed by atoms with Crippen molar-refractivity contribution < 1.29 is 15.2 Å². The van der Waals surface area contributed by atoms with E-state index >= 15 is 0 Å². The van der Waals surface area contributed by atoms with Crippen LogP contribution in [0.3, 0.4) is 0 Å². The molecule has 0 aliphatic rings. The Morgan fingerprint density at radius 1 is 1.62 bits per heavy atom. The third-order valence-corrected chi connectivity index (χ3v) is 1.74. The zero-order chi connectivity index (χ0) is 12.3. The largest absolute Gasteiger partial charge is 0.427 e. The van der Waals surface area contributed by atoms with Gasteiger partial charge >= 0.3 is 0 Å². The molecule has 88 valence electrons. The van der Waals surface area contributed by atoms with Gasteiger partial charge in [-0.25, -0.2) is 0 Å². The van der Waals surface area contributed by atoms with Crippen LogP contribution < -0.4 is 5.49 Å². The van der Waals surface area contributed by atoms with Gasteiger partial charge < -0.3 is 10.3 Å². The van der Waals surface area contributed by atoms with Crippen LogP contribution in [0.25, 0.3) is 0 Å². The summed E-state index contributed by atoms with van der Waals surface area (Å²) in [4.78, 5) is 13.8. The van der Waals surface area contributed by atoms with Crippen LogP contribution >= 0.6 is 0 Å². The van der Waals surface area contributed by atoms with Gasteiger partial charge in [0.25, 0.3) is 5.69 Å². The van der Waals surface area contributed by atoms with Crippen molar-refractivity contribution in [1.82, 2.24) is 4.73 Å². The molecule has 16 heavy (non-hydrogen) atoms. The molecule has 1 aromatic rings. The summed E-state index contributed by atoms with van der Waals surface area (Å²) >= 11 is 0. The van der Waals surface area contributed by atoms with Crippen molar-refractivity contribution in [2.45, 2.75) is 19.4 Å². The molecule has 0 radical (unpaired) electrons. The Kier molecular flexibility index (Phi) is 3.28. The fourth-order valence-electron chi connectivity index (χ4n) is 0.976. The molecule has 0 atom stereocenters. The number of aromatic nitrogens is 1. The van der Waals surface area contributed by atoms with Crippen LogP contribution in [-0.2, 0) is 0 Å². The molecule has 1 aromatic heterocycles. The zero-order valence-electron chi connectivity index (χ0n) is 8.99. The first kappa shape index (κ1) is 12.2. The highest BCUT2D eigenvalue weighted by atomic mass is 16.6. The van der Waals surface area contributed by atoms with Crippen LogP contribution in [0.2, 0.25) is 0 Å². The highest BCUT2D eigenvalue weighted by Gasteiger charge is 2.11. The SMILES string of the molecule is CC(C)(O)CN=c1cc([N+](=O)[O-])ccn1O. The minimum Gasteiger partial charge on any atom is -0.427 e. The van der Waals surface area contributed by atoms with Gasteiger partial charge in [0.1, 0.15) is 0 Å². The molecule has 0 amide bonds. The van der Waals surface area contributed by atoms with E-state index in [0.29, 0.717) is 4.73 Å². The van der Waals surface area contributed by atoms with E-state index in [2.05, 4.69) is 4.99 Å². The van der Waals surface area contributed by atoms with Gasteiger partial charge in [-0.2, -0.15) is 4.73 Å². The number of nitro groups is 1. The number of nitrogens with zero attached hydrogens (tertiary/aromatic N) is 3. The van der Waals surface area contributed by atoms with Crippen LogP contribution in [0, 0.1) is 10.1 Å². The Bertz CT molecular complexity index is 459. The lowest BCUT2D eigenvalue weighted by Gasteiger charge is -2.12. The van der Waals surface area contributed by atoms with E-state index < -0.39 is 10.5 Å². The van der Waals surface area contributed by atoms with E-state index in [-0.39, 0.29) is 17.7 Å². The molecule has 0 unspecified atom stereocenters. The minimum atomic E-state index is -1.03. The molecule has 0 aliphatic carbocycles. The first-order valence-corrected chi connectivity index (χ1v) is 4.59. The molecule has 1 heterocycles. The summed E-state index contributed by atoms with van der Waals surface area (Å²) in [6.45, 7) is 3.14. The molecule has 0 aliphatic heterocycles. The van der Waals surface area contributed by atoms with Crippen molar-refractivity contribution in [3.05, 3.63) is 33.9 Å². The number of pyridine rings is 1. The molecule has 0 saturated heterocycles. The second kappa shape index (κ2) is 4.31. The van der Waals surface area contributed by atoms with Crippen molar-refractivity contribution in [2.75, 3.05) is 6.54 Å². The van der Waals surface area contributed by atoms with Gasteiger partial charge in [0.2, 0.25) is 0 Å². The van der Waals surface area contributed by atoms with Gasteiger partial charge in [-0.05, 0) is 13.8 Å². The van der Waals surface area contributed by atoms with Gasteiger partial charge in [0.05, 0.1) is 29.3 Å². The van der Waals surface area contributed by atoms with E-state index in [0.717, 1.165) is 18.3 Å². The van der Waals surface area contributed by atoms with Gasteiger partial charge in [-0.1, -0.05) is 0 Å². The quantitative estimate of drug-likeness (QED) is 0.440. The molecule has 0 bridgehead atoms. The predicted octanol–water partition coefficient (Wildman–Crippen LogP) is 0.305. The summed E-state index contributed by atoms with van der Waals surface area (Å²) in [5.41, 5.74) is -1.17. The van der Waals surface area contributed by atoms with E-state index in [1.165, 1.54) is 0 Å². The van der Waals surface area contributed by atoms with Gasteiger partial charge in [-0.15, -0.1) is 0 Å².